The summed E-state index contributed by atoms with van der Waals surface area (Å²) in [6.45, 7) is 0.575. The van der Waals surface area contributed by atoms with Crippen LogP contribution in [-0.2, 0) is 21.2 Å². The fraction of sp³-hybridized carbons (Fsp3) is 0.485. The number of aryl methyl sites for hydroxylation is 1. The van der Waals surface area contributed by atoms with Gasteiger partial charge in [-0.05, 0) is 66.5 Å². The van der Waals surface area contributed by atoms with Crippen LogP contribution in [0.5, 0.6) is 0 Å². The van der Waals surface area contributed by atoms with E-state index in [4.69, 9.17) is 0 Å². The summed E-state index contributed by atoms with van der Waals surface area (Å²) in [5.41, 5.74) is 0.351. The van der Waals surface area contributed by atoms with Crippen LogP contribution in [0.2, 0.25) is 0 Å². The number of thiophene rings is 1. The Bertz CT molecular complexity index is 1900. The standard InChI is InChI=1S/C33H37FN5O7PS/c1-37-11-10-19(14-29(37)40)25-18-38(17-23(25)15-35)33(43)26-8-7-24-5-3-2-4-21(32(42)39(24)26)16-36-31(41)28-13-22-12-20(6-9-27(22)48-28)30(34)47(44,45)46/h6,9-14,21,23-26,30H,2-5,7-8,16-18H2,1H3,(H,36,41)(H2,44,45,46)/t21?,23-,24+,25+,26+,30?/m1/s1. The summed E-state index contributed by atoms with van der Waals surface area (Å²) in [5, 5.41) is 13.2. The lowest BCUT2D eigenvalue weighted by molar-refractivity contribution is -0.148. The van der Waals surface area contributed by atoms with E-state index in [1.807, 2.05) is 0 Å². The average Bonchev–Trinajstić information content (AvgIpc) is 3.79. The van der Waals surface area contributed by atoms with Crippen molar-refractivity contribution in [2.24, 2.45) is 18.9 Å². The molecule has 5 heterocycles. The van der Waals surface area contributed by atoms with E-state index in [1.54, 1.807) is 29.1 Å². The first-order valence-electron chi connectivity index (χ1n) is 16.0. The largest absolute Gasteiger partial charge is 0.363 e. The maximum Gasteiger partial charge on any atom is 0.363 e. The summed E-state index contributed by atoms with van der Waals surface area (Å²) in [4.78, 5) is 75.6. The van der Waals surface area contributed by atoms with Gasteiger partial charge >= 0.3 is 7.60 Å². The lowest BCUT2D eigenvalue weighted by Gasteiger charge is -2.36. The van der Waals surface area contributed by atoms with Gasteiger partial charge in [-0.15, -0.1) is 11.3 Å². The predicted molar refractivity (Wildman–Crippen MR) is 176 cm³/mol. The van der Waals surface area contributed by atoms with E-state index in [0.29, 0.717) is 39.8 Å². The topological polar surface area (TPSA) is 173 Å². The summed E-state index contributed by atoms with van der Waals surface area (Å²) in [5.74, 6) is -4.59. The molecular weight excluding hydrogens is 660 g/mol. The Kier molecular flexibility index (Phi) is 9.60. The van der Waals surface area contributed by atoms with Crippen molar-refractivity contribution in [3.8, 4) is 6.07 Å². The van der Waals surface area contributed by atoms with Crippen molar-refractivity contribution in [2.45, 2.75) is 62.4 Å². The number of nitrogens with zero attached hydrogens (tertiary/aromatic N) is 4. The number of aromatic nitrogens is 1. The highest BCUT2D eigenvalue weighted by Crippen LogP contribution is 2.53. The zero-order chi connectivity index (χ0) is 34.3. The number of carbonyl (C=O) groups excluding carboxylic acids is 3. The van der Waals surface area contributed by atoms with Crippen molar-refractivity contribution < 1.29 is 33.1 Å². The van der Waals surface area contributed by atoms with E-state index in [0.717, 1.165) is 30.6 Å². The number of rotatable bonds is 7. The summed E-state index contributed by atoms with van der Waals surface area (Å²) >= 11 is 1.15. The molecule has 0 saturated carbocycles. The third-order valence-electron chi connectivity index (χ3n) is 9.93. The summed E-state index contributed by atoms with van der Waals surface area (Å²) in [6, 6.07) is 10.5. The molecule has 3 aliphatic heterocycles. The Morgan fingerprint density at radius 2 is 1.88 bits per heavy atom. The van der Waals surface area contributed by atoms with Gasteiger partial charge in [0.2, 0.25) is 17.7 Å². The van der Waals surface area contributed by atoms with E-state index in [9.17, 15) is 43.2 Å². The molecule has 254 valence electrons. The van der Waals surface area contributed by atoms with E-state index in [2.05, 4.69) is 11.4 Å². The molecule has 6 atom stereocenters. The Hall–Kier alpha value is -3.89. The number of carbonyl (C=O) groups is 3. The van der Waals surface area contributed by atoms with E-state index in [1.165, 1.54) is 34.9 Å². The van der Waals surface area contributed by atoms with Crippen molar-refractivity contribution in [3.05, 3.63) is 69.0 Å². The maximum absolute atomic E-state index is 14.2. The van der Waals surface area contributed by atoms with E-state index in [-0.39, 0.29) is 54.5 Å². The molecule has 3 aromatic rings. The monoisotopic (exact) mass is 697 g/mol. The lowest BCUT2D eigenvalue weighted by atomic mass is 9.91. The number of pyridine rings is 1. The first kappa shape index (κ1) is 34.0. The van der Waals surface area contributed by atoms with Crippen molar-refractivity contribution in [1.82, 2.24) is 19.7 Å². The molecule has 12 nitrogen and oxygen atoms in total. The molecule has 48 heavy (non-hydrogen) atoms. The first-order valence-corrected chi connectivity index (χ1v) is 18.5. The molecule has 3 saturated heterocycles. The third-order valence-corrected chi connectivity index (χ3v) is 11.9. The number of likely N-dealkylation sites (tertiary alicyclic amines) is 1. The van der Waals surface area contributed by atoms with Gasteiger partial charge in [-0.1, -0.05) is 18.9 Å². The number of nitrogens with one attached hydrogen (secondary N) is 1. The number of hydrogen-bond acceptors (Lipinski definition) is 7. The SMILES string of the molecule is Cn1ccc([C@@H]2CN(C(=O)[C@@H]3CC[C@@H]4CCCCC(CNC(=O)c5cc6cc(C(F)P(=O)(O)O)ccc6s5)C(=O)N43)C[C@H]2C#N)cc1=O. The molecular formula is C33H37FN5O7PS. The van der Waals surface area contributed by atoms with Gasteiger partial charge in [0.25, 0.3) is 11.5 Å². The van der Waals surface area contributed by atoms with Gasteiger partial charge in [0.05, 0.1) is 22.8 Å². The van der Waals surface area contributed by atoms with Crippen molar-refractivity contribution >= 4 is 46.7 Å². The van der Waals surface area contributed by atoms with Crippen molar-refractivity contribution in [3.63, 3.8) is 0 Å². The molecule has 3 N–H and O–H groups in total. The Morgan fingerprint density at radius 3 is 2.60 bits per heavy atom. The zero-order valence-electron chi connectivity index (χ0n) is 26.3. The molecule has 3 fully saturated rings. The van der Waals surface area contributed by atoms with Crippen LogP contribution in [0.1, 0.15) is 71.2 Å². The van der Waals surface area contributed by atoms with Crippen LogP contribution < -0.4 is 10.9 Å². The summed E-state index contributed by atoms with van der Waals surface area (Å²) in [7, 11) is -3.33. The van der Waals surface area contributed by atoms with Gasteiger partial charge in [-0.25, -0.2) is 4.39 Å². The molecule has 0 spiro atoms. The highest BCUT2D eigenvalue weighted by molar-refractivity contribution is 7.51. The lowest BCUT2D eigenvalue weighted by Crippen LogP contribution is -2.53. The molecule has 3 amide bonds. The van der Waals surface area contributed by atoms with Crippen LogP contribution in [0.15, 0.2) is 47.4 Å². The minimum Gasteiger partial charge on any atom is -0.351 e. The van der Waals surface area contributed by atoms with Crippen LogP contribution in [0.4, 0.5) is 4.39 Å². The number of halogens is 1. The van der Waals surface area contributed by atoms with E-state index < -0.39 is 37.3 Å². The quantitative estimate of drug-likeness (QED) is 0.313. The summed E-state index contributed by atoms with van der Waals surface area (Å²) in [6.07, 6.45) is 5.89. The van der Waals surface area contributed by atoms with Crippen molar-refractivity contribution in [2.75, 3.05) is 19.6 Å². The second-order valence-corrected chi connectivity index (χ2v) is 15.7. The smallest absolute Gasteiger partial charge is 0.351 e. The Morgan fingerprint density at radius 1 is 1.10 bits per heavy atom. The number of benzene rings is 1. The van der Waals surface area contributed by atoms with Crippen LogP contribution >= 0.6 is 18.9 Å². The van der Waals surface area contributed by atoms with Gasteiger partial charge < -0.3 is 29.5 Å². The Balaban J connectivity index is 1.14. The number of hydrogen-bond donors (Lipinski definition) is 3. The molecule has 3 aliphatic rings. The first-order chi connectivity index (χ1) is 22.8. The van der Waals surface area contributed by atoms with Crippen LogP contribution in [0.3, 0.4) is 0 Å². The fourth-order valence-corrected chi connectivity index (χ4v) is 8.82. The molecule has 0 bridgehead atoms. The minimum absolute atomic E-state index is 0.0668. The zero-order valence-corrected chi connectivity index (χ0v) is 28.0. The van der Waals surface area contributed by atoms with Crippen LogP contribution in [0, 0.1) is 23.2 Å². The average molecular weight is 698 g/mol. The van der Waals surface area contributed by atoms with E-state index >= 15 is 0 Å². The molecule has 0 aliphatic carbocycles. The second-order valence-electron chi connectivity index (χ2n) is 13.0. The van der Waals surface area contributed by atoms with Crippen LogP contribution in [0.25, 0.3) is 10.1 Å². The molecule has 1 aromatic carbocycles. The minimum atomic E-state index is -4.98. The van der Waals surface area contributed by atoms with Crippen molar-refractivity contribution in [1.29, 1.82) is 5.26 Å². The highest BCUT2D eigenvalue weighted by Gasteiger charge is 2.47. The van der Waals surface area contributed by atoms with Gasteiger partial charge in [0.15, 0.2) is 0 Å². The van der Waals surface area contributed by atoms with Gasteiger partial charge in [-0.3, -0.25) is 23.7 Å². The molecule has 15 heteroatoms. The normalized spacial score (nSPS) is 25.3. The number of fused-ring (bicyclic) bond motifs is 2. The van der Waals surface area contributed by atoms with Gasteiger partial charge in [-0.2, -0.15) is 5.26 Å². The Labute approximate surface area is 280 Å². The molecule has 2 unspecified atom stereocenters. The molecule has 0 radical (unpaired) electrons. The molecule has 6 rings (SSSR count). The molecule has 2 aromatic heterocycles. The maximum atomic E-state index is 14.2. The van der Waals surface area contributed by atoms with Crippen LogP contribution in [-0.4, -0.2) is 73.6 Å². The number of amides is 3. The predicted octanol–water partition coefficient (Wildman–Crippen LogP) is 3.79. The fourth-order valence-electron chi connectivity index (χ4n) is 7.31. The summed E-state index contributed by atoms with van der Waals surface area (Å²) < 4.78 is 27.7. The third kappa shape index (κ3) is 6.69. The van der Waals surface area contributed by atoms with Gasteiger partial charge in [0, 0.05) is 55.6 Å². The second kappa shape index (κ2) is 13.6. The number of alkyl halides is 1. The highest BCUT2D eigenvalue weighted by atomic mass is 32.1. The number of nitriles is 1. The van der Waals surface area contributed by atoms with Gasteiger partial charge in [0.1, 0.15) is 6.04 Å².